The van der Waals surface area contributed by atoms with Crippen molar-refractivity contribution in [3.8, 4) is 11.5 Å². The van der Waals surface area contributed by atoms with Crippen molar-refractivity contribution in [2.24, 2.45) is 0 Å². The van der Waals surface area contributed by atoms with Crippen LogP contribution in [0.15, 0.2) is 48.5 Å². The molecule has 0 aliphatic carbocycles. The van der Waals surface area contributed by atoms with Gasteiger partial charge in [-0.15, -0.1) is 0 Å². The van der Waals surface area contributed by atoms with Gasteiger partial charge in [0.2, 0.25) is 0 Å². The van der Waals surface area contributed by atoms with E-state index in [-0.39, 0.29) is 12.0 Å². The van der Waals surface area contributed by atoms with Crippen LogP contribution in [-0.4, -0.2) is 43.2 Å². The van der Waals surface area contributed by atoms with Crippen molar-refractivity contribution in [1.29, 1.82) is 0 Å². The van der Waals surface area contributed by atoms with Gasteiger partial charge in [-0.2, -0.15) is 0 Å². The molecule has 1 aliphatic rings. The first-order chi connectivity index (χ1) is 13.5. The number of benzene rings is 2. The second-order valence-electron chi connectivity index (χ2n) is 7.36. The molecular weight excluding hydrogens is 352 g/mol. The molecule has 2 aromatic carbocycles. The number of aryl methyl sites for hydroxylation is 1. The van der Waals surface area contributed by atoms with Crippen LogP contribution < -0.4 is 14.8 Å². The van der Waals surface area contributed by atoms with Crippen molar-refractivity contribution in [3.63, 3.8) is 0 Å². The molecule has 0 unspecified atom stereocenters. The number of ether oxygens (including phenoxy) is 2. The maximum absolute atomic E-state index is 12.5. The molecule has 0 aromatic heterocycles. The molecule has 150 valence electrons. The first-order valence-electron chi connectivity index (χ1n) is 10.1. The zero-order valence-corrected chi connectivity index (χ0v) is 17.0. The van der Waals surface area contributed by atoms with Crippen LogP contribution in [0.2, 0.25) is 0 Å². The molecule has 1 amide bonds. The molecule has 0 spiro atoms. The van der Waals surface area contributed by atoms with Gasteiger partial charge in [0, 0.05) is 18.8 Å². The van der Waals surface area contributed by atoms with Gasteiger partial charge in [-0.05, 0) is 69.1 Å². The molecule has 1 aliphatic heterocycles. The minimum atomic E-state index is -0.581. The zero-order chi connectivity index (χ0) is 19.9. The molecule has 0 bridgehead atoms. The number of likely N-dealkylation sites (tertiary alicyclic amines) is 1. The van der Waals surface area contributed by atoms with Gasteiger partial charge in [-0.25, -0.2) is 0 Å². The summed E-state index contributed by atoms with van der Waals surface area (Å²) in [5, 5.41) is 2.91. The van der Waals surface area contributed by atoms with Gasteiger partial charge in [0.1, 0.15) is 17.6 Å². The first kappa shape index (κ1) is 20.2. The molecule has 0 radical (unpaired) electrons. The van der Waals surface area contributed by atoms with Crippen molar-refractivity contribution in [2.45, 2.75) is 45.3 Å². The zero-order valence-electron chi connectivity index (χ0n) is 17.0. The smallest absolute Gasteiger partial charge is 0.265 e. The van der Waals surface area contributed by atoms with Crippen molar-refractivity contribution in [1.82, 2.24) is 4.90 Å². The van der Waals surface area contributed by atoms with Gasteiger partial charge in [0.05, 0.1) is 0 Å². The Balaban J connectivity index is 1.52. The number of para-hydroxylation sites is 1. The van der Waals surface area contributed by atoms with E-state index in [0.29, 0.717) is 0 Å². The van der Waals surface area contributed by atoms with Crippen LogP contribution in [-0.2, 0) is 11.2 Å². The van der Waals surface area contributed by atoms with Crippen LogP contribution in [0.1, 0.15) is 32.3 Å². The van der Waals surface area contributed by atoms with Gasteiger partial charge < -0.3 is 19.7 Å². The summed E-state index contributed by atoms with van der Waals surface area (Å²) in [6.07, 6.45) is 2.64. The maximum atomic E-state index is 12.5. The fourth-order valence-electron chi connectivity index (χ4n) is 3.31. The summed E-state index contributed by atoms with van der Waals surface area (Å²) in [7, 11) is 2.14. The van der Waals surface area contributed by atoms with E-state index >= 15 is 0 Å². The number of amides is 1. The van der Waals surface area contributed by atoms with Crippen LogP contribution in [0.3, 0.4) is 0 Å². The highest BCUT2D eigenvalue weighted by Crippen LogP contribution is 2.22. The molecule has 1 heterocycles. The van der Waals surface area contributed by atoms with E-state index in [1.807, 2.05) is 48.5 Å². The minimum absolute atomic E-state index is 0.171. The average molecular weight is 383 g/mol. The molecule has 5 nitrogen and oxygen atoms in total. The van der Waals surface area contributed by atoms with Gasteiger partial charge in [-0.3, -0.25) is 4.79 Å². The van der Waals surface area contributed by atoms with Crippen molar-refractivity contribution < 1.29 is 14.3 Å². The predicted octanol–water partition coefficient (Wildman–Crippen LogP) is 4.13. The maximum Gasteiger partial charge on any atom is 0.265 e. The summed E-state index contributed by atoms with van der Waals surface area (Å²) in [4.78, 5) is 14.8. The highest BCUT2D eigenvalue weighted by Gasteiger charge is 2.19. The summed E-state index contributed by atoms with van der Waals surface area (Å²) < 4.78 is 11.9. The van der Waals surface area contributed by atoms with E-state index in [0.717, 1.165) is 55.1 Å². The van der Waals surface area contributed by atoms with Crippen LogP contribution in [0, 0.1) is 0 Å². The summed E-state index contributed by atoms with van der Waals surface area (Å²) in [5.74, 6) is 1.43. The lowest BCUT2D eigenvalue weighted by atomic mass is 10.1. The van der Waals surface area contributed by atoms with Crippen molar-refractivity contribution >= 4 is 11.6 Å². The highest BCUT2D eigenvalue weighted by molar-refractivity contribution is 5.94. The molecule has 1 fully saturated rings. The molecule has 3 rings (SSSR count). The number of nitrogens with zero attached hydrogens (tertiary/aromatic N) is 1. The second-order valence-corrected chi connectivity index (χ2v) is 7.36. The number of piperidine rings is 1. The minimum Gasteiger partial charge on any atom is -0.490 e. The highest BCUT2D eigenvalue weighted by atomic mass is 16.5. The second kappa shape index (κ2) is 9.60. The Labute approximate surface area is 167 Å². The van der Waals surface area contributed by atoms with Crippen molar-refractivity contribution in [2.75, 3.05) is 25.5 Å². The molecule has 0 saturated carbocycles. The predicted molar refractivity (Wildman–Crippen MR) is 112 cm³/mol. The largest absolute Gasteiger partial charge is 0.490 e. The Bertz CT molecular complexity index is 768. The van der Waals surface area contributed by atoms with Crippen molar-refractivity contribution in [3.05, 3.63) is 54.1 Å². The average Bonchev–Trinajstić information content (AvgIpc) is 2.71. The van der Waals surface area contributed by atoms with Crippen LogP contribution >= 0.6 is 0 Å². The van der Waals surface area contributed by atoms with Gasteiger partial charge >= 0.3 is 0 Å². The van der Waals surface area contributed by atoms with Gasteiger partial charge in [0.25, 0.3) is 5.91 Å². The standard InChI is InChI=1S/C23H30N2O3/c1-4-18-7-5-6-8-22(18)27-17(2)23(26)24-19-9-11-20(12-10-19)28-21-13-15-25(3)16-14-21/h5-12,17,21H,4,13-16H2,1-3H3,(H,24,26)/t17-/m1/s1. The Morgan fingerprint density at radius 2 is 1.82 bits per heavy atom. The molecule has 28 heavy (non-hydrogen) atoms. The molecule has 1 N–H and O–H groups in total. The number of carbonyl (C=O) groups is 1. The van der Waals surface area contributed by atoms with Gasteiger partial charge in [-0.1, -0.05) is 25.1 Å². The number of nitrogens with one attached hydrogen (secondary N) is 1. The van der Waals surface area contributed by atoms with Crippen LogP contribution in [0.5, 0.6) is 11.5 Å². The van der Waals surface area contributed by atoms with E-state index in [1.165, 1.54) is 0 Å². The number of hydrogen-bond acceptors (Lipinski definition) is 4. The quantitative estimate of drug-likeness (QED) is 0.782. The fourth-order valence-corrected chi connectivity index (χ4v) is 3.31. The van der Waals surface area contributed by atoms with E-state index < -0.39 is 6.10 Å². The lowest BCUT2D eigenvalue weighted by Gasteiger charge is -2.29. The van der Waals surface area contributed by atoms with Crippen LogP contribution in [0.25, 0.3) is 0 Å². The van der Waals surface area contributed by atoms with Crippen LogP contribution in [0.4, 0.5) is 5.69 Å². The van der Waals surface area contributed by atoms with E-state index in [2.05, 4.69) is 24.2 Å². The third-order valence-electron chi connectivity index (χ3n) is 5.12. The number of hydrogen-bond donors (Lipinski definition) is 1. The summed E-state index contributed by atoms with van der Waals surface area (Å²) >= 11 is 0. The molecule has 1 saturated heterocycles. The molecule has 2 aromatic rings. The Kier molecular flexibility index (Phi) is 6.93. The summed E-state index contributed by atoms with van der Waals surface area (Å²) in [6.45, 7) is 5.97. The molecule has 5 heteroatoms. The Morgan fingerprint density at radius 1 is 1.14 bits per heavy atom. The summed E-state index contributed by atoms with van der Waals surface area (Å²) in [6, 6.07) is 15.4. The van der Waals surface area contributed by atoms with E-state index in [1.54, 1.807) is 6.92 Å². The Hall–Kier alpha value is -2.53. The summed E-state index contributed by atoms with van der Waals surface area (Å²) in [5.41, 5.74) is 1.83. The third kappa shape index (κ3) is 5.49. The number of carbonyl (C=O) groups excluding carboxylic acids is 1. The third-order valence-corrected chi connectivity index (χ3v) is 5.12. The number of anilines is 1. The Morgan fingerprint density at radius 3 is 2.50 bits per heavy atom. The van der Waals surface area contributed by atoms with Gasteiger partial charge in [0.15, 0.2) is 6.10 Å². The monoisotopic (exact) mass is 382 g/mol. The lowest BCUT2D eigenvalue weighted by Crippen LogP contribution is -2.35. The lowest BCUT2D eigenvalue weighted by molar-refractivity contribution is -0.122. The first-order valence-corrected chi connectivity index (χ1v) is 10.1. The number of rotatable bonds is 7. The van der Waals surface area contributed by atoms with E-state index in [4.69, 9.17) is 9.47 Å². The SMILES string of the molecule is CCc1ccccc1O[C@H](C)C(=O)Nc1ccc(OC2CCN(C)CC2)cc1. The molecule has 1 atom stereocenters. The normalized spacial score (nSPS) is 16.4. The molecular formula is C23H30N2O3. The van der Waals surface area contributed by atoms with E-state index in [9.17, 15) is 4.79 Å². The fraction of sp³-hybridized carbons (Fsp3) is 0.435. The topological polar surface area (TPSA) is 50.8 Å².